The molecule has 0 fully saturated rings. The molecule has 1 aromatic heterocycles. The second-order valence-corrected chi connectivity index (χ2v) is 2.83. The first-order chi connectivity index (χ1) is 8.01. The Hall–Kier alpha value is -2.25. The Morgan fingerprint density at radius 1 is 1.59 bits per heavy atom. The van der Waals surface area contributed by atoms with Gasteiger partial charge < -0.3 is 9.84 Å². The van der Waals surface area contributed by atoms with Gasteiger partial charge in [0.2, 0.25) is 5.88 Å². The van der Waals surface area contributed by atoms with Crippen LogP contribution in [-0.4, -0.2) is 35.9 Å². The highest BCUT2D eigenvalue weighted by atomic mass is 19.1. The van der Waals surface area contributed by atoms with Gasteiger partial charge in [0.15, 0.2) is 12.5 Å². The van der Waals surface area contributed by atoms with Crippen LogP contribution in [0.5, 0.6) is 5.88 Å². The molecule has 92 valence electrons. The number of methoxy groups -OCH3 is 1. The molecule has 6 nitrogen and oxygen atoms in total. The normalized spacial score (nSPS) is 9.82. The molecule has 0 aromatic carbocycles. The minimum atomic E-state index is -1.72. The van der Waals surface area contributed by atoms with E-state index in [0.717, 1.165) is 6.20 Å². The summed E-state index contributed by atoms with van der Waals surface area (Å²) in [6.07, 6.45) is -0.831. The van der Waals surface area contributed by atoms with Crippen molar-refractivity contribution in [1.29, 1.82) is 0 Å². The smallest absolute Gasteiger partial charge is 0.418 e. The van der Waals surface area contributed by atoms with Crippen molar-refractivity contribution in [2.24, 2.45) is 0 Å². The Labute approximate surface area is 94.4 Å². The summed E-state index contributed by atoms with van der Waals surface area (Å²) in [6, 6.07) is 0.716. The van der Waals surface area contributed by atoms with Gasteiger partial charge in [-0.3, -0.25) is 4.79 Å². The van der Waals surface area contributed by atoms with E-state index in [4.69, 9.17) is 5.11 Å². The molecule has 0 atom stereocenters. The lowest BCUT2D eigenvalue weighted by Gasteiger charge is -2.15. The van der Waals surface area contributed by atoms with Crippen LogP contribution in [0.1, 0.15) is 0 Å². The van der Waals surface area contributed by atoms with Crippen LogP contribution >= 0.6 is 0 Å². The highest BCUT2D eigenvalue weighted by molar-refractivity contribution is 6.11. The summed E-state index contributed by atoms with van der Waals surface area (Å²) in [5.41, 5.74) is -0.390. The molecule has 0 aliphatic carbocycles. The van der Waals surface area contributed by atoms with Crippen LogP contribution in [-0.2, 0) is 4.79 Å². The fraction of sp³-hybridized carbons (Fsp3) is 0.222. The fourth-order valence-electron chi connectivity index (χ4n) is 1.11. The zero-order valence-electron chi connectivity index (χ0n) is 8.68. The number of carboxylic acid groups (broad SMARTS) is 1. The third kappa shape index (κ3) is 2.65. The summed E-state index contributed by atoms with van der Waals surface area (Å²) in [5, 5.41) is 8.70. The Balaban J connectivity index is 3.16. The molecule has 0 unspecified atom stereocenters. The number of hydrogen-bond donors (Lipinski definition) is 1. The minimum Gasteiger partial charge on any atom is -0.479 e. The molecule has 1 heterocycles. The zero-order valence-corrected chi connectivity index (χ0v) is 8.68. The van der Waals surface area contributed by atoms with E-state index in [1.807, 2.05) is 0 Å². The second-order valence-electron chi connectivity index (χ2n) is 2.83. The molecule has 0 bridgehead atoms. The lowest BCUT2D eigenvalue weighted by atomic mass is 10.3. The van der Waals surface area contributed by atoms with Crippen LogP contribution in [0.4, 0.5) is 19.3 Å². The number of nitrogens with zero attached hydrogens (tertiary/aromatic N) is 2. The zero-order chi connectivity index (χ0) is 13.0. The molecule has 0 saturated carbocycles. The van der Waals surface area contributed by atoms with Gasteiger partial charge in [-0.15, -0.1) is 0 Å². The van der Waals surface area contributed by atoms with Crippen molar-refractivity contribution in [2.45, 2.75) is 0 Å². The molecule has 0 spiro atoms. The summed E-state index contributed by atoms with van der Waals surface area (Å²) in [5.74, 6) is -2.64. The van der Waals surface area contributed by atoms with Crippen LogP contribution < -0.4 is 9.64 Å². The summed E-state index contributed by atoms with van der Waals surface area (Å²) in [4.78, 5) is 25.2. The molecular weight excluding hydrogens is 238 g/mol. The molecule has 1 aromatic rings. The third-order valence-electron chi connectivity index (χ3n) is 1.80. The second kappa shape index (κ2) is 5.19. The van der Waals surface area contributed by atoms with Crippen molar-refractivity contribution in [3.8, 4) is 5.88 Å². The van der Waals surface area contributed by atoms with Crippen LogP contribution in [0.3, 0.4) is 0 Å². The lowest BCUT2D eigenvalue weighted by Crippen LogP contribution is -2.37. The van der Waals surface area contributed by atoms with Crippen LogP contribution in [0.15, 0.2) is 12.3 Å². The van der Waals surface area contributed by atoms with E-state index < -0.39 is 30.2 Å². The molecule has 17 heavy (non-hydrogen) atoms. The largest absolute Gasteiger partial charge is 0.479 e. The average Bonchev–Trinajstić information content (AvgIpc) is 2.28. The quantitative estimate of drug-likeness (QED) is 0.867. The molecule has 0 aliphatic rings. The maximum atomic E-state index is 13.2. The molecular formula is C9H8F2N2O4. The topological polar surface area (TPSA) is 79.7 Å². The monoisotopic (exact) mass is 246 g/mol. The van der Waals surface area contributed by atoms with E-state index in [-0.39, 0.29) is 10.8 Å². The number of carbonyl (C=O) groups excluding carboxylic acids is 1. The summed E-state index contributed by atoms with van der Waals surface area (Å²) in [7, 11) is 1.17. The number of alkyl halides is 1. The van der Waals surface area contributed by atoms with Gasteiger partial charge in [-0.1, -0.05) is 0 Å². The van der Waals surface area contributed by atoms with Gasteiger partial charge in [-0.25, -0.2) is 23.5 Å². The number of halogens is 2. The predicted octanol–water partition coefficient (Wildman–Crippen LogP) is 1.21. The van der Waals surface area contributed by atoms with Crippen molar-refractivity contribution >= 4 is 17.7 Å². The number of pyridine rings is 1. The Morgan fingerprint density at radius 3 is 2.65 bits per heavy atom. The highest BCUT2D eigenvalue weighted by Crippen LogP contribution is 2.20. The van der Waals surface area contributed by atoms with Crippen molar-refractivity contribution < 1.29 is 28.2 Å². The van der Waals surface area contributed by atoms with Crippen molar-refractivity contribution in [3.63, 3.8) is 0 Å². The first-order valence-electron chi connectivity index (χ1n) is 4.32. The molecule has 1 N–H and O–H groups in total. The van der Waals surface area contributed by atoms with E-state index in [0.29, 0.717) is 6.07 Å². The van der Waals surface area contributed by atoms with Crippen LogP contribution in [0.25, 0.3) is 0 Å². The van der Waals surface area contributed by atoms with Crippen LogP contribution in [0.2, 0.25) is 0 Å². The molecule has 0 radical (unpaired) electrons. The summed E-state index contributed by atoms with van der Waals surface area (Å²) >= 11 is 0. The maximum Gasteiger partial charge on any atom is 0.418 e. The van der Waals surface area contributed by atoms with Gasteiger partial charge in [0.25, 0.3) is 5.91 Å². The van der Waals surface area contributed by atoms with Gasteiger partial charge in [-0.2, -0.15) is 0 Å². The number of amides is 2. The first kappa shape index (κ1) is 12.8. The fourth-order valence-corrected chi connectivity index (χ4v) is 1.11. The number of hydrogen-bond acceptors (Lipinski definition) is 4. The van der Waals surface area contributed by atoms with E-state index >= 15 is 0 Å². The molecule has 1 rings (SSSR count). The maximum absolute atomic E-state index is 13.2. The van der Waals surface area contributed by atoms with E-state index in [1.165, 1.54) is 7.11 Å². The Bertz CT molecular complexity index is 453. The number of aromatic nitrogens is 1. The van der Waals surface area contributed by atoms with Crippen molar-refractivity contribution in [1.82, 2.24) is 4.98 Å². The van der Waals surface area contributed by atoms with Gasteiger partial charge in [0, 0.05) is 6.07 Å². The SMILES string of the molecule is COc1ncc(N(C(=O)O)C(=O)CF)cc1F. The number of rotatable bonds is 3. The Kier molecular flexibility index (Phi) is 3.91. The number of carbonyl (C=O) groups is 2. The lowest BCUT2D eigenvalue weighted by molar-refractivity contribution is -0.118. The average molecular weight is 246 g/mol. The predicted molar refractivity (Wildman–Crippen MR) is 52.2 cm³/mol. The molecule has 8 heteroatoms. The van der Waals surface area contributed by atoms with Gasteiger partial charge in [-0.05, 0) is 0 Å². The van der Waals surface area contributed by atoms with E-state index in [2.05, 4.69) is 9.72 Å². The summed E-state index contributed by atoms with van der Waals surface area (Å²) in [6.45, 7) is -1.51. The number of anilines is 1. The third-order valence-corrected chi connectivity index (χ3v) is 1.80. The van der Waals surface area contributed by atoms with Crippen LogP contribution in [0, 0.1) is 5.82 Å². The number of imide groups is 1. The number of ether oxygens (including phenoxy) is 1. The highest BCUT2D eigenvalue weighted by Gasteiger charge is 2.24. The first-order valence-corrected chi connectivity index (χ1v) is 4.32. The van der Waals surface area contributed by atoms with Gasteiger partial charge in [0.05, 0.1) is 19.0 Å². The van der Waals surface area contributed by atoms with Gasteiger partial charge >= 0.3 is 6.09 Å². The van der Waals surface area contributed by atoms with Gasteiger partial charge in [0.1, 0.15) is 0 Å². The van der Waals surface area contributed by atoms with Crippen molar-refractivity contribution in [2.75, 3.05) is 18.7 Å². The van der Waals surface area contributed by atoms with Crippen molar-refractivity contribution in [3.05, 3.63) is 18.1 Å². The minimum absolute atomic E-state index is 0.0650. The van der Waals surface area contributed by atoms with E-state index in [9.17, 15) is 18.4 Å². The Morgan fingerprint density at radius 2 is 2.24 bits per heavy atom. The molecule has 2 amide bonds. The standard InChI is InChI=1S/C9H8F2N2O4/c1-17-8-6(11)2-5(4-12-8)13(9(15)16)7(14)3-10/h2,4H,3H2,1H3,(H,15,16). The summed E-state index contributed by atoms with van der Waals surface area (Å²) < 4.78 is 29.9. The van der Waals surface area contributed by atoms with E-state index in [1.54, 1.807) is 0 Å². The molecule has 0 aliphatic heterocycles. The molecule has 0 saturated heterocycles.